The molecular weight excluding hydrogens is 196 g/mol. The van der Waals surface area contributed by atoms with E-state index in [2.05, 4.69) is 0 Å². The highest BCUT2D eigenvalue weighted by atomic mass is 16.5. The largest absolute Gasteiger partial charge is 0.491 e. The van der Waals surface area contributed by atoms with E-state index in [0.717, 1.165) is 0 Å². The van der Waals surface area contributed by atoms with Crippen molar-refractivity contribution in [2.24, 2.45) is 5.73 Å². The van der Waals surface area contributed by atoms with Gasteiger partial charge in [0.25, 0.3) is 5.91 Å². The van der Waals surface area contributed by atoms with E-state index < -0.39 is 5.91 Å². The molecule has 1 aromatic carbocycles. The SMILES string of the molecule is COCCOc1ccc(N)c(C(N)=O)c1. The number of methoxy groups -OCH3 is 1. The fraction of sp³-hybridized carbons (Fsp3) is 0.300. The van der Waals surface area contributed by atoms with Gasteiger partial charge in [-0.05, 0) is 18.2 Å². The van der Waals surface area contributed by atoms with E-state index in [1.54, 1.807) is 19.2 Å². The summed E-state index contributed by atoms with van der Waals surface area (Å²) in [5, 5.41) is 0. The maximum atomic E-state index is 11.0. The maximum Gasteiger partial charge on any atom is 0.250 e. The molecule has 4 N–H and O–H groups in total. The molecule has 0 aliphatic carbocycles. The lowest BCUT2D eigenvalue weighted by atomic mass is 10.1. The molecule has 82 valence electrons. The van der Waals surface area contributed by atoms with Gasteiger partial charge in [-0.1, -0.05) is 0 Å². The lowest BCUT2D eigenvalue weighted by Crippen LogP contribution is -2.14. The number of anilines is 1. The fourth-order valence-electron chi connectivity index (χ4n) is 1.08. The zero-order valence-electron chi connectivity index (χ0n) is 8.53. The third-order valence-electron chi connectivity index (χ3n) is 1.85. The quantitative estimate of drug-likeness (QED) is 0.543. The molecule has 1 amide bonds. The molecule has 0 spiro atoms. The molecule has 0 atom stereocenters. The molecule has 0 bridgehead atoms. The van der Waals surface area contributed by atoms with Gasteiger partial charge in [-0.15, -0.1) is 0 Å². The number of hydrogen-bond donors (Lipinski definition) is 2. The standard InChI is InChI=1S/C10H14N2O3/c1-14-4-5-15-7-2-3-9(11)8(6-7)10(12)13/h2-3,6H,4-5,11H2,1H3,(H2,12,13). The second-order valence-electron chi connectivity index (χ2n) is 2.95. The molecule has 0 unspecified atom stereocenters. The van der Waals surface area contributed by atoms with E-state index >= 15 is 0 Å². The summed E-state index contributed by atoms with van der Waals surface area (Å²) in [6.07, 6.45) is 0. The summed E-state index contributed by atoms with van der Waals surface area (Å²) >= 11 is 0. The van der Waals surface area contributed by atoms with Crippen molar-refractivity contribution in [3.05, 3.63) is 23.8 Å². The lowest BCUT2D eigenvalue weighted by molar-refractivity contribution is 0.100. The smallest absolute Gasteiger partial charge is 0.250 e. The zero-order valence-corrected chi connectivity index (χ0v) is 8.53. The first kappa shape index (κ1) is 11.3. The van der Waals surface area contributed by atoms with Crippen LogP contribution in [0.3, 0.4) is 0 Å². The number of primary amides is 1. The van der Waals surface area contributed by atoms with Gasteiger partial charge in [0.2, 0.25) is 0 Å². The van der Waals surface area contributed by atoms with Crippen molar-refractivity contribution in [3.63, 3.8) is 0 Å². The Kier molecular flexibility index (Phi) is 3.93. The summed E-state index contributed by atoms with van der Waals surface area (Å²) in [6.45, 7) is 0.898. The van der Waals surface area contributed by atoms with Crippen LogP contribution in [0.4, 0.5) is 5.69 Å². The summed E-state index contributed by atoms with van der Waals surface area (Å²) in [7, 11) is 1.58. The highest BCUT2D eigenvalue weighted by Crippen LogP contribution is 2.19. The average molecular weight is 210 g/mol. The van der Waals surface area contributed by atoms with E-state index in [1.165, 1.54) is 6.07 Å². The molecule has 0 saturated carbocycles. The van der Waals surface area contributed by atoms with Crippen LogP contribution in [0.25, 0.3) is 0 Å². The number of benzene rings is 1. The topological polar surface area (TPSA) is 87.6 Å². The fourth-order valence-corrected chi connectivity index (χ4v) is 1.08. The summed E-state index contributed by atoms with van der Waals surface area (Å²) in [6, 6.07) is 4.78. The van der Waals surface area contributed by atoms with Crippen LogP contribution < -0.4 is 16.2 Å². The Labute approximate surface area is 88.0 Å². The van der Waals surface area contributed by atoms with Gasteiger partial charge in [-0.3, -0.25) is 4.79 Å². The van der Waals surface area contributed by atoms with E-state index in [9.17, 15) is 4.79 Å². The number of amides is 1. The Morgan fingerprint density at radius 3 is 2.73 bits per heavy atom. The van der Waals surface area contributed by atoms with Crippen LogP contribution in [0.2, 0.25) is 0 Å². The van der Waals surface area contributed by atoms with Crippen LogP contribution in [0, 0.1) is 0 Å². The molecular formula is C10H14N2O3. The van der Waals surface area contributed by atoms with Gasteiger partial charge in [0, 0.05) is 12.8 Å². The van der Waals surface area contributed by atoms with Gasteiger partial charge < -0.3 is 20.9 Å². The molecule has 0 aromatic heterocycles. The third-order valence-corrected chi connectivity index (χ3v) is 1.85. The number of nitrogen functional groups attached to an aromatic ring is 1. The second-order valence-corrected chi connectivity index (χ2v) is 2.95. The van der Waals surface area contributed by atoms with Gasteiger partial charge >= 0.3 is 0 Å². The van der Waals surface area contributed by atoms with Crippen molar-refractivity contribution >= 4 is 11.6 Å². The molecule has 5 heteroatoms. The third kappa shape index (κ3) is 3.14. The van der Waals surface area contributed by atoms with E-state index in [1.807, 2.05) is 0 Å². The van der Waals surface area contributed by atoms with Crippen LogP contribution in [0.5, 0.6) is 5.75 Å². The van der Waals surface area contributed by atoms with Gasteiger partial charge in [0.1, 0.15) is 12.4 Å². The first-order chi connectivity index (χ1) is 7.15. The van der Waals surface area contributed by atoms with Crippen molar-refractivity contribution in [3.8, 4) is 5.75 Å². The minimum atomic E-state index is -0.565. The van der Waals surface area contributed by atoms with Crippen molar-refractivity contribution in [2.45, 2.75) is 0 Å². The molecule has 15 heavy (non-hydrogen) atoms. The second kappa shape index (κ2) is 5.21. The molecule has 1 aromatic rings. The Morgan fingerprint density at radius 2 is 2.13 bits per heavy atom. The number of rotatable bonds is 5. The van der Waals surface area contributed by atoms with Gasteiger partial charge in [-0.25, -0.2) is 0 Å². The molecule has 0 saturated heterocycles. The van der Waals surface area contributed by atoms with Crippen molar-refractivity contribution in [2.75, 3.05) is 26.1 Å². The van der Waals surface area contributed by atoms with Gasteiger partial charge in [-0.2, -0.15) is 0 Å². The number of nitrogens with two attached hydrogens (primary N) is 2. The molecule has 0 fully saturated rings. The lowest BCUT2D eigenvalue weighted by Gasteiger charge is -2.07. The van der Waals surface area contributed by atoms with Crippen LogP contribution in [0.1, 0.15) is 10.4 Å². The first-order valence-electron chi connectivity index (χ1n) is 4.46. The molecule has 0 aliphatic rings. The minimum absolute atomic E-state index is 0.268. The molecule has 0 radical (unpaired) electrons. The summed E-state index contributed by atoms with van der Waals surface area (Å²) in [5.41, 5.74) is 11.3. The Balaban J connectivity index is 2.74. The number of carbonyl (C=O) groups excluding carboxylic acids is 1. The average Bonchev–Trinajstić information content (AvgIpc) is 2.20. The van der Waals surface area contributed by atoms with Crippen LogP contribution >= 0.6 is 0 Å². The van der Waals surface area contributed by atoms with E-state index in [0.29, 0.717) is 24.7 Å². The molecule has 1 rings (SSSR count). The summed E-state index contributed by atoms with van der Waals surface area (Å²) < 4.78 is 10.1. The predicted octanol–water partition coefficient (Wildman–Crippen LogP) is 0.393. The Morgan fingerprint density at radius 1 is 1.40 bits per heavy atom. The number of hydrogen-bond acceptors (Lipinski definition) is 4. The van der Waals surface area contributed by atoms with Crippen LogP contribution in [-0.4, -0.2) is 26.2 Å². The highest BCUT2D eigenvalue weighted by molar-refractivity contribution is 5.98. The minimum Gasteiger partial charge on any atom is -0.491 e. The van der Waals surface area contributed by atoms with Crippen LogP contribution in [-0.2, 0) is 4.74 Å². The molecule has 0 heterocycles. The molecule has 0 aliphatic heterocycles. The van der Waals surface area contributed by atoms with E-state index in [4.69, 9.17) is 20.9 Å². The highest BCUT2D eigenvalue weighted by Gasteiger charge is 2.06. The number of carbonyl (C=O) groups is 1. The van der Waals surface area contributed by atoms with Crippen molar-refractivity contribution in [1.29, 1.82) is 0 Å². The van der Waals surface area contributed by atoms with Gasteiger partial charge in [0.15, 0.2) is 0 Å². The van der Waals surface area contributed by atoms with E-state index in [-0.39, 0.29) is 5.56 Å². The zero-order chi connectivity index (χ0) is 11.3. The first-order valence-corrected chi connectivity index (χ1v) is 4.46. The number of ether oxygens (including phenoxy) is 2. The Bertz CT molecular complexity index is 353. The van der Waals surface area contributed by atoms with Crippen molar-refractivity contribution < 1.29 is 14.3 Å². The van der Waals surface area contributed by atoms with Crippen LogP contribution in [0.15, 0.2) is 18.2 Å². The predicted molar refractivity (Wildman–Crippen MR) is 56.7 cm³/mol. The summed E-state index contributed by atoms with van der Waals surface area (Å²) in [5.74, 6) is -0.0141. The Hall–Kier alpha value is -1.75. The van der Waals surface area contributed by atoms with Gasteiger partial charge in [0.05, 0.1) is 12.2 Å². The van der Waals surface area contributed by atoms with Crippen molar-refractivity contribution in [1.82, 2.24) is 0 Å². The monoisotopic (exact) mass is 210 g/mol. The maximum absolute atomic E-state index is 11.0. The molecule has 5 nitrogen and oxygen atoms in total. The normalized spacial score (nSPS) is 9.93. The summed E-state index contributed by atoms with van der Waals surface area (Å²) in [4.78, 5) is 11.0.